The molecule has 1 N–H and O–H groups in total. The number of carbonyl (C=O) groups is 2. The monoisotopic (exact) mass is 338 g/mol. The summed E-state index contributed by atoms with van der Waals surface area (Å²) in [5.41, 5.74) is 2.53. The average Bonchev–Trinajstić information content (AvgIpc) is 3.08. The van der Waals surface area contributed by atoms with Crippen molar-refractivity contribution in [1.82, 2.24) is 4.90 Å². The predicted molar refractivity (Wildman–Crippen MR) is 91.5 cm³/mol. The second kappa shape index (κ2) is 6.12. The minimum absolute atomic E-state index is 0.0695. The Morgan fingerprint density at radius 3 is 2.88 bits per heavy atom. The Bertz CT molecular complexity index is 849. The van der Waals surface area contributed by atoms with Crippen LogP contribution in [0.4, 0.5) is 5.69 Å². The number of anilines is 1. The fraction of sp³-hybridized carbons (Fsp3) is 0.263. The maximum absolute atomic E-state index is 12.9. The number of benzene rings is 2. The summed E-state index contributed by atoms with van der Waals surface area (Å²) < 4.78 is 10.7. The molecule has 0 radical (unpaired) electrons. The first-order chi connectivity index (χ1) is 12.1. The molecule has 0 spiro atoms. The molecule has 2 aromatic rings. The first kappa shape index (κ1) is 15.5. The largest absolute Gasteiger partial charge is 0.454 e. The molecule has 6 nitrogen and oxygen atoms in total. The first-order valence-electron chi connectivity index (χ1n) is 8.14. The lowest BCUT2D eigenvalue weighted by molar-refractivity contribution is -0.134. The lowest BCUT2D eigenvalue weighted by Gasteiger charge is -2.28. The van der Waals surface area contributed by atoms with Gasteiger partial charge in [0.1, 0.15) is 0 Å². The van der Waals surface area contributed by atoms with Crippen molar-refractivity contribution in [3.05, 3.63) is 53.6 Å². The van der Waals surface area contributed by atoms with Gasteiger partial charge in [-0.3, -0.25) is 9.59 Å². The van der Waals surface area contributed by atoms with Crippen LogP contribution in [-0.4, -0.2) is 30.6 Å². The van der Waals surface area contributed by atoms with Crippen LogP contribution in [0.15, 0.2) is 42.5 Å². The minimum Gasteiger partial charge on any atom is -0.454 e. The standard InChI is InChI=1S/C19H18N2O4/c1-21(10-12-6-7-16-17(8-12)25-11-24-16)19(23)14-9-18(22)20-15-5-3-2-4-13(14)15/h2-8,14H,9-11H2,1H3,(H,20,22). The molecular formula is C19H18N2O4. The van der Waals surface area contributed by atoms with E-state index in [0.717, 1.165) is 16.9 Å². The quantitative estimate of drug-likeness (QED) is 0.934. The van der Waals surface area contributed by atoms with Gasteiger partial charge >= 0.3 is 0 Å². The van der Waals surface area contributed by atoms with Crippen LogP contribution >= 0.6 is 0 Å². The summed E-state index contributed by atoms with van der Waals surface area (Å²) in [6.45, 7) is 0.664. The van der Waals surface area contributed by atoms with Crippen LogP contribution in [0.5, 0.6) is 11.5 Å². The van der Waals surface area contributed by atoms with Gasteiger partial charge < -0.3 is 19.7 Å². The van der Waals surface area contributed by atoms with Gasteiger partial charge in [-0.25, -0.2) is 0 Å². The molecule has 0 saturated carbocycles. The highest BCUT2D eigenvalue weighted by molar-refractivity contribution is 6.01. The third kappa shape index (κ3) is 2.91. The van der Waals surface area contributed by atoms with Crippen LogP contribution in [0.3, 0.4) is 0 Å². The number of hydrogen-bond acceptors (Lipinski definition) is 4. The van der Waals surface area contributed by atoms with Gasteiger partial charge in [0.15, 0.2) is 11.5 Å². The summed E-state index contributed by atoms with van der Waals surface area (Å²) in [5.74, 6) is 0.758. The Kier molecular flexibility index (Phi) is 3.80. The molecule has 1 unspecified atom stereocenters. The number of carbonyl (C=O) groups excluding carboxylic acids is 2. The lowest BCUT2D eigenvalue weighted by Crippen LogP contribution is -2.36. The molecule has 0 aromatic heterocycles. The van der Waals surface area contributed by atoms with Crippen molar-refractivity contribution in [3.8, 4) is 11.5 Å². The van der Waals surface area contributed by atoms with Gasteiger partial charge in [0.2, 0.25) is 18.6 Å². The van der Waals surface area contributed by atoms with Crippen molar-refractivity contribution in [1.29, 1.82) is 0 Å². The number of ether oxygens (including phenoxy) is 2. The molecule has 0 saturated heterocycles. The summed E-state index contributed by atoms with van der Waals surface area (Å²) in [6.07, 6.45) is 0.168. The molecule has 2 aromatic carbocycles. The maximum Gasteiger partial charge on any atom is 0.231 e. The zero-order chi connectivity index (χ0) is 17.4. The second-order valence-electron chi connectivity index (χ2n) is 6.27. The maximum atomic E-state index is 12.9. The Morgan fingerprint density at radius 1 is 1.20 bits per heavy atom. The highest BCUT2D eigenvalue weighted by Crippen LogP contribution is 2.35. The van der Waals surface area contributed by atoms with Crippen LogP contribution in [0.25, 0.3) is 0 Å². The van der Waals surface area contributed by atoms with Crippen LogP contribution in [0.2, 0.25) is 0 Å². The minimum atomic E-state index is -0.455. The molecule has 128 valence electrons. The zero-order valence-corrected chi connectivity index (χ0v) is 13.8. The van der Waals surface area contributed by atoms with E-state index in [4.69, 9.17) is 9.47 Å². The molecule has 2 aliphatic rings. The summed E-state index contributed by atoms with van der Waals surface area (Å²) >= 11 is 0. The molecule has 4 rings (SSSR count). The van der Waals surface area contributed by atoms with E-state index >= 15 is 0 Å². The second-order valence-corrected chi connectivity index (χ2v) is 6.27. The third-order valence-corrected chi connectivity index (χ3v) is 4.53. The van der Waals surface area contributed by atoms with Gasteiger partial charge in [-0.15, -0.1) is 0 Å². The summed E-state index contributed by atoms with van der Waals surface area (Å²) in [5, 5.41) is 2.82. The predicted octanol–water partition coefficient (Wildman–Crippen LogP) is 2.50. The van der Waals surface area contributed by atoms with Gasteiger partial charge in [-0.1, -0.05) is 24.3 Å². The van der Waals surface area contributed by atoms with E-state index in [0.29, 0.717) is 18.0 Å². The number of hydrogen-bond donors (Lipinski definition) is 1. The molecule has 0 bridgehead atoms. The van der Waals surface area contributed by atoms with Gasteiger partial charge in [0.05, 0.1) is 5.92 Å². The van der Waals surface area contributed by atoms with Crippen LogP contribution in [-0.2, 0) is 16.1 Å². The van der Waals surface area contributed by atoms with Crippen molar-refractivity contribution >= 4 is 17.5 Å². The number of nitrogens with one attached hydrogen (secondary N) is 1. The average molecular weight is 338 g/mol. The molecule has 25 heavy (non-hydrogen) atoms. The molecule has 2 aliphatic heterocycles. The Labute approximate surface area is 145 Å². The summed E-state index contributed by atoms with van der Waals surface area (Å²) in [4.78, 5) is 26.5. The fourth-order valence-corrected chi connectivity index (χ4v) is 3.29. The van der Waals surface area contributed by atoms with Crippen LogP contribution in [0, 0.1) is 0 Å². The lowest BCUT2D eigenvalue weighted by atomic mass is 9.89. The smallest absolute Gasteiger partial charge is 0.231 e. The van der Waals surface area contributed by atoms with Gasteiger partial charge in [0.25, 0.3) is 0 Å². The third-order valence-electron chi connectivity index (χ3n) is 4.53. The van der Waals surface area contributed by atoms with Crippen molar-refractivity contribution in [2.24, 2.45) is 0 Å². The van der Waals surface area contributed by atoms with E-state index in [1.54, 1.807) is 11.9 Å². The highest BCUT2D eigenvalue weighted by atomic mass is 16.7. The summed E-state index contributed by atoms with van der Waals surface area (Å²) in [7, 11) is 1.75. The molecule has 2 amide bonds. The van der Waals surface area contributed by atoms with E-state index in [9.17, 15) is 9.59 Å². The Hall–Kier alpha value is -3.02. The van der Waals surface area contributed by atoms with Crippen molar-refractivity contribution in [2.75, 3.05) is 19.2 Å². The molecule has 2 heterocycles. The number of fused-ring (bicyclic) bond motifs is 2. The van der Waals surface area contributed by atoms with Crippen molar-refractivity contribution in [3.63, 3.8) is 0 Å². The first-order valence-corrected chi connectivity index (χ1v) is 8.14. The van der Waals surface area contributed by atoms with Crippen LogP contribution in [0.1, 0.15) is 23.5 Å². The fourth-order valence-electron chi connectivity index (χ4n) is 3.29. The number of rotatable bonds is 3. The molecule has 0 fully saturated rings. The highest BCUT2D eigenvalue weighted by Gasteiger charge is 2.32. The molecule has 6 heteroatoms. The Balaban J connectivity index is 1.53. The van der Waals surface area contributed by atoms with Crippen molar-refractivity contribution in [2.45, 2.75) is 18.9 Å². The van der Waals surface area contributed by atoms with E-state index in [1.807, 2.05) is 42.5 Å². The van der Waals surface area contributed by atoms with E-state index in [2.05, 4.69) is 5.32 Å². The van der Waals surface area contributed by atoms with Crippen LogP contribution < -0.4 is 14.8 Å². The van der Waals surface area contributed by atoms with Gasteiger partial charge in [0, 0.05) is 25.7 Å². The number of likely N-dealkylation sites (N-methyl/N-ethyl adjacent to an activating group) is 1. The number of nitrogens with zero attached hydrogens (tertiary/aromatic N) is 1. The van der Waals surface area contributed by atoms with E-state index in [1.165, 1.54) is 0 Å². The van der Waals surface area contributed by atoms with E-state index in [-0.39, 0.29) is 25.0 Å². The normalized spacial score (nSPS) is 17.6. The topological polar surface area (TPSA) is 67.9 Å². The Morgan fingerprint density at radius 2 is 2.00 bits per heavy atom. The molecular weight excluding hydrogens is 320 g/mol. The molecule has 0 aliphatic carbocycles. The van der Waals surface area contributed by atoms with Crippen molar-refractivity contribution < 1.29 is 19.1 Å². The van der Waals surface area contributed by atoms with Gasteiger partial charge in [-0.2, -0.15) is 0 Å². The number of amides is 2. The van der Waals surface area contributed by atoms with Gasteiger partial charge in [-0.05, 0) is 29.3 Å². The summed E-state index contributed by atoms with van der Waals surface area (Å²) in [6, 6.07) is 13.1. The zero-order valence-electron chi connectivity index (χ0n) is 13.8. The molecule has 1 atom stereocenters. The SMILES string of the molecule is CN(Cc1ccc2c(c1)OCO2)C(=O)C1CC(=O)Nc2ccccc21. The number of para-hydroxylation sites is 1. The van der Waals surface area contributed by atoms with E-state index < -0.39 is 5.92 Å².